The third-order valence-electron chi connectivity index (χ3n) is 4.92. The number of anilines is 2. The fourth-order valence-electron chi connectivity index (χ4n) is 3.36. The first-order valence-electron chi connectivity index (χ1n) is 10.8. The van der Waals surface area contributed by atoms with E-state index in [1.807, 2.05) is 84.9 Å². The van der Waals surface area contributed by atoms with E-state index in [1.54, 1.807) is 24.3 Å². The third-order valence-corrected chi connectivity index (χ3v) is 4.92. The molecule has 0 atom stereocenters. The van der Waals surface area contributed by atoms with Crippen molar-refractivity contribution in [1.29, 1.82) is 0 Å². The van der Waals surface area contributed by atoms with E-state index in [1.165, 1.54) is 0 Å². The second-order valence-electron chi connectivity index (χ2n) is 7.39. The Morgan fingerprint density at radius 1 is 0.500 bits per heavy atom. The van der Waals surface area contributed by atoms with Gasteiger partial charge in [0, 0.05) is 22.5 Å². The van der Waals surface area contributed by atoms with Crippen LogP contribution in [0.15, 0.2) is 109 Å². The largest absolute Gasteiger partial charge is 0.484 e. The third kappa shape index (κ3) is 6.23. The standard InChI is InChI=1S/C28H24N2O4/c31-27(19-33-21-11-3-1-4-12-21)29-25-17-9-7-15-23(25)24-16-8-10-18-26(24)30-28(32)20-34-22-13-5-2-6-14-22/h1-18H,19-20H2,(H,29,31)(H,30,32). The molecule has 4 rings (SSSR count). The van der Waals surface area contributed by atoms with Crippen molar-refractivity contribution in [2.45, 2.75) is 0 Å². The molecule has 0 aliphatic rings. The summed E-state index contributed by atoms with van der Waals surface area (Å²) in [5.41, 5.74) is 2.78. The van der Waals surface area contributed by atoms with E-state index in [9.17, 15) is 9.59 Å². The van der Waals surface area contributed by atoms with Gasteiger partial charge in [0.2, 0.25) is 0 Å². The maximum absolute atomic E-state index is 12.5. The van der Waals surface area contributed by atoms with Crippen molar-refractivity contribution in [3.8, 4) is 22.6 Å². The minimum atomic E-state index is -0.283. The summed E-state index contributed by atoms with van der Waals surface area (Å²) in [4.78, 5) is 25.1. The van der Waals surface area contributed by atoms with Gasteiger partial charge in [-0.3, -0.25) is 9.59 Å². The van der Waals surface area contributed by atoms with E-state index in [0.717, 1.165) is 11.1 Å². The van der Waals surface area contributed by atoms with E-state index in [2.05, 4.69) is 10.6 Å². The number of ether oxygens (including phenoxy) is 2. The molecular weight excluding hydrogens is 428 g/mol. The molecule has 4 aromatic carbocycles. The smallest absolute Gasteiger partial charge is 0.262 e. The average Bonchev–Trinajstić information content (AvgIpc) is 2.88. The van der Waals surface area contributed by atoms with Crippen molar-refractivity contribution in [3.63, 3.8) is 0 Å². The maximum Gasteiger partial charge on any atom is 0.262 e. The van der Waals surface area contributed by atoms with E-state index in [4.69, 9.17) is 9.47 Å². The second kappa shape index (κ2) is 11.3. The summed E-state index contributed by atoms with van der Waals surface area (Å²) in [6, 6.07) is 33.2. The lowest BCUT2D eigenvalue weighted by Crippen LogP contribution is -2.21. The first-order valence-corrected chi connectivity index (χ1v) is 10.8. The molecule has 2 amide bonds. The molecule has 0 saturated carbocycles. The van der Waals surface area contributed by atoms with E-state index < -0.39 is 0 Å². The van der Waals surface area contributed by atoms with Gasteiger partial charge in [0.15, 0.2) is 13.2 Å². The van der Waals surface area contributed by atoms with Gasteiger partial charge in [0.1, 0.15) is 11.5 Å². The molecule has 0 fully saturated rings. The summed E-state index contributed by atoms with van der Waals surface area (Å²) in [5.74, 6) is 0.677. The fraction of sp³-hybridized carbons (Fsp3) is 0.0714. The van der Waals surface area contributed by atoms with E-state index in [-0.39, 0.29) is 25.0 Å². The molecule has 0 heterocycles. The van der Waals surface area contributed by atoms with Crippen molar-refractivity contribution in [1.82, 2.24) is 0 Å². The minimum Gasteiger partial charge on any atom is -0.484 e. The van der Waals surface area contributed by atoms with Crippen molar-refractivity contribution in [2.75, 3.05) is 23.8 Å². The number of benzene rings is 4. The van der Waals surface area contributed by atoms with Gasteiger partial charge in [-0.05, 0) is 36.4 Å². The lowest BCUT2D eigenvalue weighted by molar-refractivity contribution is -0.118. The fourth-order valence-corrected chi connectivity index (χ4v) is 3.36. The molecule has 6 heteroatoms. The van der Waals surface area contributed by atoms with Gasteiger partial charge < -0.3 is 20.1 Å². The molecule has 0 spiro atoms. The van der Waals surface area contributed by atoms with Gasteiger partial charge in [-0.2, -0.15) is 0 Å². The van der Waals surface area contributed by atoms with Gasteiger partial charge >= 0.3 is 0 Å². The Bertz CT molecular complexity index is 1140. The van der Waals surface area contributed by atoms with Crippen LogP contribution in [0.25, 0.3) is 11.1 Å². The SMILES string of the molecule is O=C(COc1ccccc1)Nc1ccccc1-c1ccccc1NC(=O)COc1ccccc1. The number of nitrogens with one attached hydrogen (secondary N) is 2. The molecular formula is C28H24N2O4. The Kier molecular flexibility index (Phi) is 7.54. The van der Waals surface area contributed by atoms with Gasteiger partial charge in [-0.15, -0.1) is 0 Å². The Labute approximate surface area is 198 Å². The summed E-state index contributed by atoms with van der Waals surface area (Å²) < 4.78 is 11.1. The van der Waals surface area contributed by atoms with E-state index >= 15 is 0 Å². The lowest BCUT2D eigenvalue weighted by atomic mass is 10.0. The highest BCUT2D eigenvalue weighted by Crippen LogP contribution is 2.33. The molecule has 34 heavy (non-hydrogen) atoms. The normalized spacial score (nSPS) is 10.2. The topological polar surface area (TPSA) is 76.7 Å². The Morgan fingerprint density at radius 3 is 1.26 bits per heavy atom. The van der Waals surface area contributed by atoms with Crippen LogP contribution < -0.4 is 20.1 Å². The predicted octanol–water partition coefficient (Wildman–Crippen LogP) is 5.39. The number of amides is 2. The van der Waals surface area contributed by atoms with Crippen LogP contribution in [0.1, 0.15) is 0 Å². The summed E-state index contributed by atoms with van der Waals surface area (Å²) in [6.45, 7) is -0.235. The second-order valence-corrected chi connectivity index (χ2v) is 7.39. The van der Waals surface area contributed by atoms with Crippen LogP contribution in [0.2, 0.25) is 0 Å². The molecule has 0 saturated heterocycles. The van der Waals surface area contributed by atoms with Crippen LogP contribution in [0.4, 0.5) is 11.4 Å². The summed E-state index contributed by atoms with van der Waals surface area (Å²) >= 11 is 0. The van der Waals surface area contributed by atoms with Crippen molar-refractivity contribution < 1.29 is 19.1 Å². The van der Waals surface area contributed by atoms with Gasteiger partial charge in [-0.1, -0.05) is 72.8 Å². The molecule has 6 nitrogen and oxygen atoms in total. The molecule has 0 aromatic heterocycles. The lowest BCUT2D eigenvalue weighted by Gasteiger charge is -2.16. The van der Waals surface area contributed by atoms with Gasteiger partial charge in [0.25, 0.3) is 11.8 Å². The number of carbonyl (C=O) groups excluding carboxylic acids is 2. The number of para-hydroxylation sites is 4. The van der Waals surface area contributed by atoms with Crippen LogP contribution in [0.5, 0.6) is 11.5 Å². The van der Waals surface area contributed by atoms with Gasteiger partial charge in [-0.25, -0.2) is 0 Å². The quantitative estimate of drug-likeness (QED) is 0.357. The molecule has 0 aliphatic heterocycles. The van der Waals surface area contributed by atoms with Crippen molar-refractivity contribution in [3.05, 3.63) is 109 Å². The van der Waals surface area contributed by atoms with Gasteiger partial charge in [0.05, 0.1) is 0 Å². The van der Waals surface area contributed by atoms with Crippen LogP contribution in [-0.4, -0.2) is 25.0 Å². The highest BCUT2D eigenvalue weighted by atomic mass is 16.5. The van der Waals surface area contributed by atoms with E-state index in [0.29, 0.717) is 22.9 Å². The summed E-state index contributed by atoms with van der Waals surface area (Å²) in [6.07, 6.45) is 0. The zero-order valence-corrected chi connectivity index (χ0v) is 18.4. The number of carbonyl (C=O) groups is 2. The molecule has 0 bridgehead atoms. The Balaban J connectivity index is 1.45. The van der Waals surface area contributed by atoms with Crippen LogP contribution in [0, 0.1) is 0 Å². The monoisotopic (exact) mass is 452 g/mol. The first-order chi connectivity index (χ1) is 16.7. The molecule has 0 aliphatic carbocycles. The molecule has 4 aromatic rings. The minimum absolute atomic E-state index is 0.118. The molecule has 170 valence electrons. The van der Waals surface area contributed by atoms with Crippen molar-refractivity contribution >= 4 is 23.2 Å². The number of hydrogen-bond donors (Lipinski definition) is 2. The summed E-state index contributed by atoms with van der Waals surface area (Å²) in [7, 11) is 0. The van der Waals surface area contributed by atoms with Crippen LogP contribution in [0.3, 0.4) is 0 Å². The zero-order chi connectivity index (χ0) is 23.6. The zero-order valence-electron chi connectivity index (χ0n) is 18.4. The Hall–Kier alpha value is -4.58. The van der Waals surface area contributed by atoms with Crippen LogP contribution in [-0.2, 0) is 9.59 Å². The van der Waals surface area contributed by atoms with Crippen LogP contribution >= 0.6 is 0 Å². The number of hydrogen-bond acceptors (Lipinski definition) is 4. The first kappa shape index (κ1) is 22.6. The molecule has 2 N–H and O–H groups in total. The van der Waals surface area contributed by atoms with Crippen molar-refractivity contribution in [2.24, 2.45) is 0 Å². The highest BCUT2D eigenvalue weighted by molar-refractivity contribution is 6.01. The Morgan fingerprint density at radius 2 is 0.853 bits per heavy atom. The highest BCUT2D eigenvalue weighted by Gasteiger charge is 2.14. The average molecular weight is 453 g/mol. The maximum atomic E-state index is 12.5. The molecule has 0 radical (unpaired) electrons. The number of rotatable bonds is 9. The summed E-state index contributed by atoms with van der Waals surface area (Å²) in [5, 5.41) is 5.81. The molecule has 0 unspecified atom stereocenters. The predicted molar refractivity (Wildman–Crippen MR) is 133 cm³/mol.